The number of anilines is 1. The van der Waals surface area contributed by atoms with E-state index in [0.717, 1.165) is 47.0 Å². The molecule has 1 aromatic heterocycles. The molecule has 1 fully saturated rings. The maximum atomic E-state index is 12.8. The van der Waals surface area contributed by atoms with Crippen LogP contribution in [0.15, 0.2) is 59.3 Å². The van der Waals surface area contributed by atoms with Gasteiger partial charge in [-0.1, -0.05) is 40.2 Å². The van der Waals surface area contributed by atoms with Gasteiger partial charge in [0.05, 0.1) is 6.42 Å². The number of carbonyl (C=O) groups is 1. The Hall–Kier alpha value is -2.40. The van der Waals surface area contributed by atoms with E-state index in [1.807, 2.05) is 41.6 Å². The lowest BCUT2D eigenvalue weighted by molar-refractivity contribution is -0.131. The molecule has 1 unspecified atom stereocenters. The van der Waals surface area contributed by atoms with Crippen LogP contribution >= 0.6 is 15.9 Å². The average molecular weight is 438 g/mol. The van der Waals surface area contributed by atoms with E-state index in [1.54, 1.807) is 0 Å². The number of carbonyl (C=O) groups excluding carboxylic acids is 1. The zero-order valence-electron chi connectivity index (χ0n) is 16.0. The summed E-state index contributed by atoms with van der Waals surface area (Å²) in [5, 5.41) is 6.05. The molecule has 0 radical (unpaired) electrons. The van der Waals surface area contributed by atoms with Gasteiger partial charge in [0.25, 0.3) is 0 Å². The molecule has 0 spiro atoms. The molecule has 2 heterocycles. The van der Waals surface area contributed by atoms with Crippen LogP contribution in [0.4, 0.5) is 5.69 Å². The summed E-state index contributed by atoms with van der Waals surface area (Å²) in [4.78, 5) is 19.1. The maximum absolute atomic E-state index is 12.8. The molecule has 144 valence electrons. The van der Waals surface area contributed by atoms with Crippen LogP contribution in [-0.4, -0.2) is 34.9 Å². The summed E-state index contributed by atoms with van der Waals surface area (Å²) in [7, 11) is 0. The van der Waals surface area contributed by atoms with Crippen LogP contribution in [0.25, 0.3) is 10.8 Å². The molecule has 4 rings (SSSR count). The molecule has 0 bridgehead atoms. The van der Waals surface area contributed by atoms with Crippen LogP contribution in [0.5, 0.6) is 0 Å². The van der Waals surface area contributed by atoms with Gasteiger partial charge in [-0.25, -0.2) is 0 Å². The number of nitrogens with one attached hydrogen (secondary N) is 1. The van der Waals surface area contributed by atoms with Crippen molar-refractivity contribution in [1.29, 1.82) is 0 Å². The highest BCUT2D eigenvalue weighted by Crippen LogP contribution is 2.27. The molecule has 1 atom stereocenters. The van der Waals surface area contributed by atoms with E-state index in [9.17, 15) is 4.79 Å². The van der Waals surface area contributed by atoms with E-state index < -0.39 is 0 Å². The SMILES string of the molecule is Cc1cncc2cccc(NC3CCCN(C(=O)Cc4ccc(Br)cc4)C3)c12. The zero-order chi connectivity index (χ0) is 19.5. The molecular formula is C23H24BrN3O. The van der Waals surface area contributed by atoms with E-state index in [1.165, 1.54) is 10.9 Å². The topological polar surface area (TPSA) is 45.2 Å². The largest absolute Gasteiger partial charge is 0.380 e. The molecule has 28 heavy (non-hydrogen) atoms. The van der Waals surface area contributed by atoms with Crippen molar-refractivity contribution in [2.24, 2.45) is 0 Å². The van der Waals surface area contributed by atoms with E-state index in [0.29, 0.717) is 6.42 Å². The number of aryl methyl sites for hydroxylation is 1. The number of likely N-dealkylation sites (tertiary alicyclic amines) is 1. The second-order valence-electron chi connectivity index (χ2n) is 7.49. The van der Waals surface area contributed by atoms with Gasteiger partial charge in [-0.15, -0.1) is 0 Å². The molecule has 0 saturated carbocycles. The molecule has 0 aliphatic carbocycles. The van der Waals surface area contributed by atoms with Gasteiger partial charge in [0.2, 0.25) is 5.91 Å². The number of piperidine rings is 1. The zero-order valence-corrected chi connectivity index (χ0v) is 17.6. The fourth-order valence-corrected chi connectivity index (χ4v) is 4.23. The average Bonchev–Trinajstić information content (AvgIpc) is 2.70. The summed E-state index contributed by atoms with van der Waals surface area (Å²) in [5.41, 5.74) is 3.35. The summed E-state index contributed by atoms with van der Waals surface area (Å²) in [6, 6.07) is 14.5. The van der Waals surface area contributed by atoms with Crippen molar-refractivity contribution in [3.63, 3.8) is 0 Å². The van der Waals surface area contributed by atoms with E-state index in [4.69, 9.17) is 0 Å². The van der Waals surface area contributed by atoms with Gasteiger partial charge in [0.1, 0.15) is 0 Å². The van der Waals surface area contributed by atoms with Gasteiger partial charge in [0, 0.05) is 52.5 Å². The molecular weight excluding hydrogens is 414 g/mol. The van der Waals surface area contributed by atoms with Gasteiger partial charge in [-0.3, -0.25) is 9.78 Å². The summed E-state index contributed by atoms with van der Waals surface area (Å²) < 4.78 is 1.03. The standard InChI is InChI=1S/C23H24BrN3O/c1-16-13-25-14-18-4-2-6-21(23(16)18)26-20-5-3-11-27(15-20)22(28)12-17-7-9-19(24)10-8-17/h2,4,6-10,13-14,20,26H,3,5,11-12,15H2,1H3. The number of pyridine rings is 1. The number of hydrogen-bond acceptors (Lipinski definition) is 3. The van der Waals surface area contributed by atoms with Crippen LogP contribution < -0.4 is 5.32 Å². The Labute approximate surface area is 174 Å². The fourth-order valence-electron chi connectivity index (χ4n) is 3.96. The molecule has 3 aromatic rings. The molecule has 1 saturated heterocycles. The van der Waals surface area contributed by atoms with Gasteiger partial charge >= 0.3 is 0 Å². The summed E-state index contributed by atoms with van der Waals surface area (Å²) in [6.07, 6.45) is 6.36. The second-order valence-corrected chi connectivity index (χ2v) is 8.40. The van der Waals surface area contributed by atoms with Crippen molar-refractivity contribution in [3.05, 3.63) is 70.5 Å². The number of fused-ring (bicyclic) bond motifs is 1. The molecule has 4 nitrogen and oxygen atoms in total. The highest BCUT2D eigenvalue weighted by molar-refractivity contribution is 9.10. The van der Waals surface area contributed by atoms with E-state index in [2.05, 4.69) is 51.4 Å². The minimum absolute atomic E-state index is 0.201. The second kappa shape index (κ2) is 8.31. The number of nitrogens with zero attached hydrogens (tertiary/aromatic N) is 2. The van der Waals surface area contributed by atoms with Crippen molar-refractivity contribution in [1.82, 2.24) is 9.88 Å². The summed E-state index contributed by atoms with van der Waals surface area (Å²) in [6.45, 7) is 3.68. The van der Waals surface area contributed by atoms with Gasteiger partial charge in [-0.2, -0.15) is 0 Å². The van der Waals surface area contributed by atoms with E-state index >= 15 is 0 Å². The van der Waals surface area contributed by atoms with Gasteiger partial charge in [0.15, 0.2) is 0 Å². The first-order valence-electron chi connectivity index (χ1n) is 9.72. The molecule has 1 N–H and O–H groups in total. The van der Waals surface area contributed by atoms with Crippen LogP contribution in [-0.2, 0) is 11.2 Å². The normalized spacial score (nSPS) is 16.9. The Bertz CT molecular complexity index is 982. The lowest BCUT2D eigenvalue weighted by Crippen LogP contribution is -2.45. The Morgan fingerprint density at radius 2 is 2.04 bits per heavy atom. The first-order chi connectivity index (χ1) is 13.6. The minimum atomic E-state index is 0.201. The third kappa shape index (κ3) is 4.20. The van der Waals surface area contributed by atoms with Crippen LogP contribution in [0.1, 0.15) is 24.0 Å². The maximum Gasteiger partial charge on any atom is 0.227 e. The van der Waals surface area contributed by atoms with E-state index in [-0.39, 0.29) is 11.9 Å². The molecule has 1 aliphatic rings. The van der Waals surface area contributed by atoms with Crippen LogP contribution in [0.2, 0.25) is 0 Å². The lowest BCUT2D eigenvalue weighted by Gasteiger charge is -2.34. The third-order valence-electron chi connectivity index (χ3n) is 5.38. The predicted molar refractivity (Wildman–Crippen MR) is 118 cm³/mol. The Balaban J connectivity index is 1.46. The Kier molecular flexibility index (Phi) is 5.62. The monoisotopic (exact) mass is 437 g/mol. The summed E-state index contributed by atoms with van der Waals surface area (Å²) >= 11 is 3.44. The Morgan fingerprint density at radius 1 is 1.21 bits per heavy atom. The summed E-state index contributed by atoms with van der Waals surface area (Å²) in [5.74, 6) is 0.201. The van der Waals surface area contributed by atoms with Crippen LogP contribution in [0.3, 0.4) is 0 Å². The first kappa shape index (κ1) is 18.9. The molecule has 1 aliphatic heterocycles. The smallest absolute Gasteiger partial charge is 0.227 e. The van der Waals surface area contributed by atoms with Crippen molar-refractivity contribution in [2.75, 3.05) is 18.4 Å². The minimum Gasteiger partial charge on any atom is -0.380 e. The highest BCUT2D eigenvalue weighted by Gasteiger charge is 2.24. The van der Waals surface area contributed by atoms with Gasteiger partial charge < -0.3 is 10.2 Å². The third-order valence-corrected chi connectivity index (χ3v) is 5.90. The number of aromatic nitrogens is 1. The molecule has 2 aromatic carbocycles. The number of amides is 1. The van der Waals surface area contributed by atoms with Gasteiger partial charge in [-0.05, 0) is 49.1 Å². The molecule has 5 heteroatoms. The predicted octanol–water partition coefficient (Wildman–Crippen LogP) is 4.95. The fraction of sp³-hybridized carbons (Fsp3) is 0.304. The quantitative estimate of drug-likeness (QED) is 0.627. The lowest BCUT2D eigenvalue weighted by atomic mass is 10.0. The number of halogens is 1. The van der Waals surface area contributed by atoms with Crippen molar-refractivity contribution < 1.29 is 4.79 Å². The van der Waals surface area contributed by atoms with Crippen molar-refractivity contribution in [3.8, 4) is 0 Å². The number of hydrogen-bond donors (Lipinski definition) is 1. The Morgan fingerprint density at radius 3 is 2.86 bits per heavy atom. The highest BCUT2D eigenvalue weighted by atomic mass is 79.9. The van der Waals surface area contributed by atoms with Crippen molar-refractivity contribution in [2.45, 2.75) is 32.2 Å². The number of benzene rings is 2. The molecule has 1 amide bonds. The van der Waals surface area contributed by atoms with Crippen LogP contribution in [0, 0.1) is 6.92 Å². The first-order valence-corrected chi connectivity index (χ1v) is 10.5. The van der Waals surface area contributed by atoms with Crippen molar-refractivity contribution >= 4 is 38.3 Å². The number of rotatable bonds is 4.